The van der Waals surface area contributed by atoms with Crippen molar-refractivity contribution < 1.29 is 8.42 Å². The minimum atomic E-state index is -3.70. The average molecular weight is 309 g/mol. The van der Waals surface area contributed by atoms with Gasteiger partial charge < -0.3 is 5.73 Å². The Labute approximate surface area is 123 Å². The maximum atomic E-state index is 12.5. The number of pyridine rings is 1. The van der Waals surface area contributed by atoms with Crippen molar-refractivity contribution in [3.05, 3.63) is 36.5 Å². The van der Waals surface area contributed by atoms with Crippen LogP contribution in [0.4, 0.5) is 0 Å². The molecular weight excluding hydrogens is 294 g/mol. The monoisotopic (exact) mass is 309 g/mol. The topological polar surface area (TPSA) is 85.1 Å². The van der Waals surface area contributed by atoms with Gasteiger partial charge in [0.2, 0.25) is 10.0 Å². The van der Waals surface area contributed by atoms with Crippen LogP contribution in [0.3, 0.4) is 0 Å². The molecule has 7 heteroatoms. The molecule has 1 aromatic carbocycles. The van der Waals surface area contributed by atoms with Gasteiger partial charge in [0.15, 0.2) is 0 Å². The third-order valence-corrected chi connectivity index (χ3v) is 4.76. The lowest BCUT2D eigenvalue weighted by Gasteiger charge is -2.16. The van der Waals surface area contributed by atoms with Crippen molar-refractivity contribution in [2.75, 3.05) is 0 Å². The van der Waals surface area contributed by atoms with E-state index in [9.17, 15) is 8.42 Å². The second kappa shape index (κ2) is 5.82. The van der Waals surface area contributed by atoms with Crippen LogP contribution in [0.5, 0.6) is 0 Å². The number of aromatic nitrogens is 1. The number of rotatable bonds is 5. The van der Waals surface area contributed by atoms with E-state index in [1.807, 2.05) is 6.92 Å². The Morgan fingerprint density at radius 3 is 2.80 bits per heavy atom. The fraction of sp³-hybridized carbons (Fsp3) is 0.231. The Morgan fingerprint density at radius 2 is 2.15 bits per heavy atom. The molecule has 1 atom stereocenters. The van der Waals surface area contributed by atoms with Crippen molar-refractivity contribution >= 4 is 38.1 Å². The van der Waals surface area contributed by atoms with E-state index in [0.717, 1.165) is 0 Å². The van der Waals surface area contributed by atoms with Gasteiger partial charge in [0.05, 0.1) is 21.4 Å². The first-order valence-electron chi connectivity index (χ1n) is 6.11. The fourth-order valence-electron chi connectivity index (χ4n) is 1.90. The molecule has 1 unspecified atom stereocenters. The largest absolute Gasteiger partial charge is 0.392 e. The molecule has 0 radical (unpaired) electrons. The van der Waals surface area contributed by atoms with Crippen LogP contribution in [0.25, 0.3) is 10.9 Å². The maximum Gasteiger partial charge on any atom is 0.241 e. The third-order valence-electron chi connectivity index (χ3n) is 2.94. The average Bonchev–Trinajstić information content (AvgIpc) is 2.43. The zero-order valence-electron chi connectivity index (χ0n) is 10.9. The number of nitrogens with two attached hydrogens (primary N) is 1. The molecule has 3 N–H and O–H groups in total. The first kappa shape index (κ1) is 14.8. The lowest BCUT2D eigenvalue weighted by molar-refractivity contribution is 0.573. The third kappa shape index (κ3) is 2.95. The maximum absolute atomic E-state index is 12.5. The van der Waals surface area contributed by atoms with Crippen LogP contribution in [-0.4, -0.2) is 24.4 Å². The number of hydrogen-bond acceptors (Lipinski definition) is 4. The Morgan fingerprint density at radius 1 is 1.40 bits per heavy atom. The van der Waals surface area contributed by atoms with Gasteiger partial charge in [0, 0.05) is 11.6 Å². The lowest BCUT2D eigenvalue weighted by atomic mass is 10.2. The van der Waals surface area contributed by atoms with Gasteiger partial charge in [0.1, 0.15) is 0 Å². The molecule has 0 spiro atoms. The molecule has 106 valence electrons. The smallest absolute Gasteiger partial charge is 0.241 e. The molecule has 2 aromatic rings. The van der Waals surface area contributed by atoms with E-state index in [2.05, 4.69) is 9.71 Å². The number of fused-ring (bicyclic) bond motifs is 1. The molecule has 0 aliphatic carbocycles. The highest BCUT2D eigenvalue weighted by atomic mass is 32.2. The molecule has 0 saturated carbocycles. The Kier molecular flexibility index (Phi) is 4.32. The second-order valence-corrected chi connectivity index (χ2v) is 6.46. The zero-order valence-corrected chi connectivity index (χ0v) is 12.5. The van der Waals surface area contributed by atoms with E-state index >= 15 is 0 Å². The quantitative estimate of drug-likeness (QED) is 0.819. The Bertz CT molecular complexity index is 739. The number of thiocarbonyl (C=S) groups is 1. The summed E-state index contributed by atoms with van der Waals surface area (Å²) >= 11 is 4.87. The summed E-state index contributed by atoms with van der Waals surface area (Å²) in [5, 5.41) is 0.570. The van der Waals surface area contributed by atoms with E-state index in [1.165, 1.54) is 0 Å². The van der Waals surface area contributed by atoms with Crippen molar-refractivity contribution in [2.45, 2.75) is 24.3 Å². The SMILES string of the molecule is CCC(NS(=O)(=O)c1cccc2ncccc12)C(N)=S. The molecular formula is C13H15N3O2S2. The number of hydrogen-bond donors (Lipinski definition) is 2. The molecule has 1 heterocycles. The van der Waals surface area contributed by atoms with Crippen molar-refractivity contribution in [3.8, 4) is 0 Å². The minimum Gasteiger partial charge on any atom is -0.392 e. The second-order valence-electron chi connectivity index (χ2n) is 4.31. The van der Waals surface area contributed by atoms with Gasteiger partial charge in [-0.25, -0.2) is 13.1 Å². The summed E-state index contributed by atoms with van der Waals surface area (Å²) in [6.45, 7) is 1.82. The van der Waals surface area contributed by atoms with Crippen LogP contribution in [0, 0.1) is 0 Å². The molecule has 5 nitrogen and oxygen atoms in total. The molecule has 0 fully saturated rings. The summed E-state index contributed by atoms with van der Waals surface area (Å²) in [7, 11) is -3.70. The van der Waals surface area contributed by atoms with Crippen LogP contribution in [0.2, 0.25) is 0 Å². The Hall–Kier alpha value is -1.57. The van der Waals surface area contributed by atoms with E-state index in [0.29, 0.717) is 17.3 Å². The highest BCUT2D eigenvalue weighted by Crippen LogP contribution is 2.21. The molecule has 0 aliphatic rings. The van der Waals surface area contributed by atoms with E-state index in [4.69, 9.17) is 18.0 Å². The Balaban J connectivity index is 2.50. The van der Waals surface area contributed by atoms with Crippen LogP contribution < -0.4 is 10.5 Å². The van der Waals surface area contributed by atoms with E-state index in [1.54, 1.807) is 36.5 Å². The van der Waals surface area contributed by atoms with Gasteiger partial charge >= 0.3 is 0 Å². The van der Waals surface area contributed by atoms with Crippen molar-refractivity contribution in [1.29, 1.82) is 0 Å². The summed E-state index contributed by atoms with van der Waals surface area (Å²) < 4.78 is 27.5. The van der Waals surface area contributed by atoms with Gasteiger partial charge in [-0.3, -0.25) is 4.98 Å². The van der Waals surface area contributed by atoms with Crippen LogP contribution in [0.1, 0.15) is 13.3 Å². The lowest BCUT2D eigenvalue weighted by Crippen LogP contribution is -2.42. The standard InChI is InChI=1S/C13H15N3O2S2/c1-2-10(13(14)19)16-20(17,18)12-7-3-6-11-9(12)5-4-8-15-11/h3-8,10,16H,2H2,1H3,(H2,14,19). The normalized spacial score (nSPS) is 13.2. The van der Waals surface area contributed by atoms with E-state index < -0.39 is 16.1 Å². The predicted molar refractivity (Wildman–Crippen MR) is 82.9 cm³/mol. The number of benzene rings is 1. The van der Waals surface area contributed by atoms with Crippen LogP contribution >= 0.6 is 12.2 Å². The summed E-state index contributed by atoms with van der Waals surface area (Å²) in [6, 6.07) is 7.83. The van der Waals surface area contributed by atoms with Gasteiger partial charge in [-0.1, -0.05) is 25.2 Å². The van der Waals surface area contributed by atoms with Crippen LogP contribution in [0.15, 0.2) is 41.4 Å². The molecule has 0 aliphatic heterocycles. The number of nitrogens with zero attached hydrogens (tertiary/aromatic N) is 1. The summed E-state index contributed by atoms with van der Waals surface area (Å²) in [6.07, 6.45) is 2.12. The summed E-state index contributed by atoms with van der Waals surface area (Å²) in [5.74, 6) is 0. The molecule has 2 rings (SSSR count). The molecule has 0 saturated heterocycles. The number of nitrogens with one attached hydrogen (secondary N) is 1. The first-order chi connectivity index (χ1) is 9.45. The zero-order chi connectivity index (χ0) is 14.8. The highest BCUT2D eigenvalue weighted by molar-refractivity contribution is 7.90. The summed E-state index contributed by atoms with van der Waals surface area (Å²) in [5.41, 5.74) is 6.16. The van der Waals surface area contributed by atoms with Crippen molar-refractivity contribution in [3.63, 3.8) is 0 Å². The van der Waals surface area contributed by atoms with Gasteiger partial charge in [0.25, 0.3) is 0 Å². The first-order valence-corrected chi connectivity index (χ1v) is 8.00. The van der Waals surface area contributed by atoms with Gasteiger partial charge in [-0.05, 0) is 30.7 Å². The highest BCUT2D eigenvalue weighted by Gasteiger charge is 2.22. The van der Waals surface area contributed by atoms with Crippen LogP contribution in [-0.2, 0) is 10.0 Å². The molecule has 1 aromatic heterocycles. The molecule has 20 heavy (non-hydrogen) atoms. The fourth-order valence-corrected chi connectivity index (χ4v) is 3.72. The van der Waals surface area contributed by atoms with Gasteiger partial charge in [-0.2, -0.15) is 0 Å². The van der Waals surface area contributed by atoms with Crippen molar-refractivity contribution in [2.24, 2.45) is 5.73 Å². The molecule has 0 amide bonds. The summed E-state index contributed by atoms with van der Waals surface area (Å²) in [4.78, 5) is 4.46. The van der Waals surface area contributed by atoms with Gasteiger partial charge in [-0.15, -0.1) is 0 Å². The van der Waals surface area contributed by atoms with Crippen molar-refractivity contribution in [1.82, 2.24) is 9.71 Å². The molecule has 0 bridgehead atoms. The predicted octanol–water partition coefficient (Wildman–Crippen LogP) is 1.58. The van der Waals surface area contributed by atoms with E-state index in [-0.39, 0.29) is 9.88 Å². The number of sulfonamides is 1. The minimum absolute atomic E-state index is 0.134.